The van der Waals surface area contributed by atoms with E-state index in [1.165, 1.54) is 31.2 Å². The van der Waals surface area contributed by atoms with Crippen LogP contribution in [0.3, 0.4) is 0 Å². The van der Waals surface area contributed by atoms with Crippen LogP contribution in [-0.4, -0.2) is 52.7 Å². The van der Waals surface area contributed by atoms with E-state index in [1.54, 1.807) is 6.92 Å². The Morgan fingerprint density at radius 3 is 2.38 bits per heavy atom. The number of likely N-dealkylation sites (tertiary alicyclic amines) is 1. The van der Waals surface area contributed by atoms with E-state index in [0.29, 0.717) is 12.3 Å². The Morgan fingerprint density at radius 1 is 1.03 bits per heavy atom. The highest BCUT2D eigenvalue weighted by molar-refractivity contribution is 6.09. The maximum absolute atomic E-state index is 12.5. The predicted molar refractivity (Wildman–Crippen MR) is 129 cm³/mol. The number of fused-ring (bicyclic) bond motifs is 1. The van der Waals surface area contributed by atoms with E-state index < -0.39 is 6.10 Å². The number of β-amino-alcohol motifs (C(OH)–C–C–N with tert-alkyl or cyclic N) is 1. The van der Waals surface area contributed by atoms with Crippen LogP contribution in [0, 0.1) is 13.8 Å². The number of hydrogen-bond donors (Lipinski definition) is 1. The van der Waals surface area contributed by atoms with Crippen LogP contribution >= 0.6 is 0 Å². The van der Waals surface area contributed by atoms with Gasteiger partial charge >= 0.3 is 0 Å². The SMILES string of the molecule is CC(=O)c1c(C)n(-c2ccc(C)cc2)c2ccc(OC[C@H](O)CN3CCCCCC3)cc12. The van der Waals surface area contributed by atoms with E-state index in [9.17, 15) is 9.90 Å². The molecule has 0 saturated carbocycles. The number of carbonyl (C=O) groups is 1. The molecule has 170 valence electrons. The second-order valence-electron chi connectivity index (χ2n) is 9.05. The summed E-state index contributed by atoms with van der Waals surface area (Å²) in [5.74, 6) is 0.715. The summed E-state index contributed by atoms with van der Waals surface area (Å²) in [6.45, 7) is 8.66. The van der Waals surface area contributed by atoms with Crippen LogP contribution in [0.1, 0.15) is 54.2 Å². The van der Waals surface area contributed by atoms with Gasteiger partial charge in [0, 0.05) is 28.9 Å². The van der Waals surface area contributed by atoms with Gasteiger partial charge < -0.3 is 19.3 Å². The lowest BCUT2D eigenvalue weighted by Crippen LogP contribution is -2.36. The van der Waals surface area contributed by atoms with Gasteiger partial charge in [-0.05, 0) is 77.0 Å². The molecule has 1 aliphatic rings. The number of carbonyl (C=O) groups excluding carboxylic acids is 1. The van der Waals surface area contributed by atoms with E-state index >= 15 is 0 Å². The Labute approximate surface area is 190 Å². The molecule has 1 atom stereocenters. The summed E-state index contributed by atoms with van der Waals surface area (Å²) in [6, 6.07) is 14.2. The van der Waals surface area contributed by atoms with Gasteiger partial charge in [0.25, 0.3) is 0 Å². The molecule has 3 aromatic rings. The number of ether oxygens (including phenoxy) is 1. The molecule has 2 heterocycles. The van der Waals surface area contributed by atoms with Gasteiger partial charge in [-0.1, -0.05) is 30.5 Å². The number of Topliss-reactive ketones (excluding diaryl/α,β-unsaturated/α-hetero) is 1. The molecule has 1 N–H and O–H groups in total. The number of rotatable bonds is 7. The number of benzene rings is 2. The lowest BCUT2D eigenvalue weighted by molar-refractivity contribution is 0.0694. The largest absolute Gasteiger partial charge is 0.491 e. The molecule has 0 bridgehead atoms. The van der Waals surface area contributed by atoms with E-state index in [4.69, 9.17) is 4.74 Å². The van der Waals surface area contributed by atoms with Crippen molar-refractivity contribution in [2.24, 2.45) is 0 Å². The number of hydrogen-bond acceptors (Lipinski definition) is 4. The summed E-state index contributed by atoms with van der Waals surface area (Å²) in [5, 5.41) is 11.4. The van der Waals surface area contributed by atoms with E-state index in [0.717, 1.165) is 40.9 Å². The number of nitrogens with zero attached hydrogens (tertiary/aromatic N) is 2. The summed E-state index contributed by atoms with van der Waals surface area (Å²) < 4.78 is 8.09. The number of aryl methyl sites for hydroxylation is 1. The Balaban J connectivity index is 1.56. The molecule has 0 amide bonds. The maximum Gasteiger partial charge on any atom is 0.162 e. The smallest absolute Gasteiger partial charge is 0.162 e. The molecule has 0 spiro atoms. The molecule has 0 unspecified atom stereocenters. The molecule has 5 heteroatoms. The Morgan fingerprint density at radius 2 is 1.72 bits per heavy atom. The molecule has 0 aliphatic carbocycles. The molecule has 5 nitrogen and oxygen atoms in total. The van der Waals surface area contributed by atoms with Gasteiger partial charge in [0.1, 0.15) is 18.5 Å². The van der Waals surface area contributed by atoms with Crippen molar-refractivity contribution in [2.75, 3.05) is 26.2 Å². The van der Waals surface area contributed by atoms with Gasteiger partial charge in [0.15, 0.2) is 5.78 Å². The minimum atomic E-state index is -0.532. The highest BCUT2D eigenvalue weighted by Crippen LogP contribution is 2.32. The minimum Gasteiger partial charge on any atom is -0.491 e. The van der Waals surface area contributed by atoms with E-state index in [2.05, 4.69) is 40.7 Å². The first kappa shape index (κ1) is 22.6. The average molecular weight is 435 g/mol. The maximum atomic E-state index is 12.5. The molecular formula is C27H34N2O3. The predicted octanol–water partition coefficient (Wildman–Crippen LogP) is 5.07. The first-order valence-electron chi connectivity index (χ1n) is 11.7. The van der Waals surface area contributed by atoms with Crippen LogP contribution in [0.2, 0.25) is 0 Å². The van der Waals surface area contributed by atoms with Crippen molar-refractivity contribution in [1.82, 2.24) is 9.47 Å². The monoisotopic (exact) mass is 434 g/mol. The van der Waals surface area contributed by atoms with Crippen LogP contribution in [0.15, 0.2) is 42.5 Å². The van der Waals surface area contributed by atoms with Gasteiger partial charge in [-0.2, -0.15) is 0 Å². The second-order valence-corrected chi connectivity index (χ2v) is 9.05. The number of aromatic nitrogens is 1. The summed E-state index contributed by atoms with van der Waals surface area (Å²) >= 11 is 0. The number of aliphatic hydroxyl groups is 1. The zero-order chi connectivity index (χ0) is 22.7. The van der Waals surface area contributed by atoms with Crippen molar-refractivity contribution in [3.05, 3.63) is 59.3 Å². The molecule has 1 saturated heterocycles. The van der Waals surface area contributed by atoms with Crippen LogP contribution in [0.5, 0.6) is 5.75 Å². The lowest BCUT2D eigenvalue weighted by atomic mass is 10.1. The first-order chi connectivity index (χ1) is 15.4. The van der Waals surface area contributed by atoms with Crippen molar-refractivity contribution in [2.45, 2.75) is 52.6 Å². The highest BCUT2D eigenvalue weighted by atomic mass is 16.5. The van der Waals surface area contributed by atoms with Crippen molar-refractivity contribution in [3.8, 4) is 11.4 Å². The molecule has 1 aromatic heterocycles. The lowest BCUT2D eigenvalue weighted by Gasteiger charge is -2.23. The molecule has 1 fully saturated rings. The van der Waals surface area contributed by atoms with Crippen molar-refractivity contribution < 1.29 is 14.6 Å². The van der Waals surface area contributed by atoms with Crippen LogP contribution in [0.25, 0.3) is 16.6 Å². The second kappa shape index (κ2) is 9.88. The molecule has 2 aromatic carbocycles. The fourth-order valence-electron chi connectivity index (χ4n) is 4.82. The third-order valence-electron chi connectivity index (χ3n) is 6.43. The summed E-state index contributed by atoms with van der Waals surface area (Å²) in [5.41, 5.74) is 4.86. The minimum absolute atomic E-state index is 0.0386. The van der Waals surface area contributed by atoms with Crippen molar-refractivity contribution >= 4 is 16.7 Å². The topological polar surface area (TPSA) is 54.7 Å². The standard InChI is InChI=1S/C27H34N2O3/c1-19-8-10-22(11-9-19)29-20(2)27(21(3)30)25-16-24(12-13-26(25)29)32-18-23(31)17-28-14-6-4-5-7-15-28/h8-13,16,23,31H,4-7,14-15,17-18H2,1-3H3/t23-/m1/s1. The fourth-order valence-corrected chi connectivity index (χ4v) is 4.82. The van der Waals surface area contributed by atoms with Gasteiger partial charge in [-0.3, -0.25) is 4.79 Å². The van der Waals surface area contributed by atoms with Crippen molar-refractivity contribution in [3.63, 3.8) is 0 Å². The molecule has 1 aliphatic heterocycles. The third kappa shape index (κ3) is 4.89. The zero-order valence-corrected chi connectivity index (χ0v) is 19.4. The zero-order valence-electron chi connectivity index (χ0n) is 19.4. The number of ketones is 1. The van der Waals surface area contributed by atoms with Gasteiger partial charge in [0.05, 0.1) is 5.52 Å². The summed E-state index contributed by atoms with van der Waals surface area (Å²) in [6.07, 6.45) is 4.44. The first-order valence-corrected chi connectivity index (χ1v) is 11.7. The Kier molecular flexibility index (Phi) is 6.97. The third-order valence-corrected chi connectivity index (χ3v) is 6.43. The van der Waals surface area contributed by atoms with Crippen LogP contribution < -0.4 is 4.74 Å². The molecule has 32 heavy (non-hydrogen) atoms. The summed E-state index contributed by atoms with van der Waals surface area (Å²) in [7, 11) is 0. The molecular weight excluding hydrogens is 400 g/mol. The molecule has 0 radical (unpaired) electrons. The Hall–Kier alpha value is -2.63. The normalized spacial score (nSPS) is 16.1. The van der Waals surface area contributed by atoms with Gasteiger partial charge in [-0.25, -0.2) is 0 Å². The Bertz CT molecular complexity index is 1080. The number of aliphatic hydroxyl groups excluding tert-OH is 1. The van der Waals surface area contributed by atoms with Crippen LogP contribution in [-0.2, 0) is 0 Å². The van der Waals surface area contributed by atoms with E-state index in [1.807, 2.05) is 25.1 Å². The highest BCUT2D eigenvalue weighted by Gasteiger charge is 2.20. The van der Waals surface area contributed by atoms with E-state index in [-0.39, 0.29) is 12.4 Å². The fraction of sp³-hybridized carbons (Fsp3) is 0.444. The van der Waals surface area contributed by atoms with Crippen LogP contribution in [0.4, 0.5) is 0 Å². The summed E-state index contributed by atoms with van der Waals surface area (Å²) in [4.78, 5) is 14.8. The van der Waals surface area contributed by atoms with Gasteiger partial charge in [-0.15, -0.1) is 0 Å². The van der Waals surface area contributed by atoms with Crippen molar-refractivity contribution in [1.29, 1.82) is 0 Å². The van der Waals surface area contributed by atoms with Gasteiger partial charge in [0.2, 0.25) is 0 Å². The molecule has 4 rings (SSSR count). The average Bonchev–Trinajstić information content (AvgIpc) is 2.89. The quantitative estimate of drug-likeness (QED) is 0.528.